The van der Waals surface area contributed by atoms with Gasteiger partial charge in [-0.25, -0.2) is 4.79 Å². The zero-order chi connectivity index (χ0) is 26.5. The van der Waals surface area contributed by atoms with Crippen molar-refractivity contribution in [1.29, 1.82) is 0 Å². The molecule has 2 heterocycles. The van der Waals surface area contributed by atoms with Gasteiger partial charge in [-0.05, 0) is 54.6 Å². The standard InChI is InChI=1S/C29H23N3O6/c33-26(20-9-11-22(12-10-20)30-19-21-5-1-3-7-25(21)32(35)36)14-13-24-28(31-15-17-37-18-16-31)23-6-2-4-8-27(23)38-29(24)34/h1-14,19H,15-18H2/b14-13+,30-19?. The highest BCUT2D eigenvalue weighted by Crippen LogP contribution is 2.30. The second kappa shape index (κ2) is 11.0. The largest absolute Gasteiger partial charge is 0.422 e. The lowest BCUT2D eigenvalue weighted by Crippen LogP contribution is -2.37. The molecular formula is C29H23N3O6. The van der Waals surface area contributed by atoms with Crippen LogP contribution in [0.3, 0.4) is 0 Å². The molecule has 1 aliphatic rings. The molecule has 0 unspecified atom stereocenters. The van der Waals surface area contributed by atoms with Crippen LogP contribution in [-0.2, 0) is 4.74 Å². The van der Waals surface area contributed by atoms with Crippen molar-refractivity contribution in [2.24, 2.45) is 4.99 Å². The second-order valence-corrected chi connectivity index (χ2v) is 8.57. The molecule has 38 heavy (non-hydrogen) atoms. The van der Waals surface area contributed by atoms with Gasteiger partial charge in [0.25, 0.3) is 5.69 Å². The molecule has 0 bridgehead atoms. The number of ketones is 1. The second-order valence-electron chi connectivity index (χ2n) is 8.57. The van der Waals surface area contributed by atoms with Gasteiger partial charge in [-0.15, -0.1) is 0 Å². The summed E-state index contributed by atoms with van der Waals surface area (Å²) in [7, 11) is 0. The summed E-state index contributed by atoms with van der Waals surface area (Å²) in [6.45, 7) is 2.33. The topological polar surface area (TPSA) is 115 Å². The van der Waals surface area contributed by atoms with Gasteiger partial charge >= 0.3 is 5.63 Å². The molecule has 1 saturated heterocycles. The first-order valence-electron chi connectivity index (χ1n) is 12.0. The zero-order valence-corrected chi connectivity index (χ0v) is 20.3. The van der Waals surface area contributed by atoms with E-state index in [1.165, 1.54) is 24.4 Å². The molecule has 0 saturated carbocycles. The van der Waals surface area contributed by atoms with E-state index in [0.29, 0.717) is 54.3 Å². The van der Waals surface area contributed by atoms with Crippen LogP contribution in [0.15, 0.2) is 93.1 Å². The Morgan fingerprint density at radius 2 is 1.68 bits per heavy atom. The molecule has 1 fully saturated rings. The smallest absolute Gasteiger partial charge is 0.345 e. The van der Waals surface area contributed by atoms with Crippen LogP contribution < -0.4 is 10.5 Å². The van der Waals surface area contributed by atoms with Crippen LogP contribution in [0.5, 0.6) is 0 Å². The summed E-state index contributed by atoms with van der Waals surface area (Å²) in [5.74, 6) is -0.292. The number of benzene rings is 3. The van der Waals surface area contributed by atoms with E-state index in [1.807, 2.05) is 18.2 Å². The van der Waals surface area contributed by atoms with E-state index in [1.54, 1.807) is 48.5 Å². The van der Waals surface area contributed by atoms with Crippen LogP contribution in [-0.4, -0.2) is 43.2 Å². The number of anilines is 1. The number of nitrogens with zero attached hydrogens (tertiary/aromatic N) is 3. The maximum absolute atomic E-state index is 12.9. The zero-order valence-electron chi connectivity index (χ0n) is 20.3. The Morgan fingerprint density at radius 3 is 2.45 bits per heavy atom. The molecule has 9 nitrogen and oxygen atoms in total. The van der Waals surface area contributed by atoms with Crippen molar-refractivity contribution < 1.29 is 18.9 Å². The van der Waals surface area contributed by atoms with Crippen LogP contribution in [0.4, 0.5) is 17.1 Å². The van der Waals surface area contributed by atoms with Crippen molar-refractivity contribution in [3.05, 3.63) is 116 Å². The van der Waals surface area contributed by atoms with Gasteiger partial charge in [0.1, 0.15) is 5.58 Å². The number of aliphatic imine (C=N–C) groups is 1. The normalized spacial score (nSPS) is 13.9. The molecule has 0 aliphatic carbocycles. The first-order valence-corrected chi connectivity index (χ1v) is 12.0. The van der Waals surface area contributed by atoms with Crippen molar-refractivity contribution in [2.45, 2.75) is 0 Å². The van der Waals surface area contributed by atoms with E-state index in [0.717, 1.165) is 11.1 Å². The molecule has 3 aromatic carbocycles. The molecule has 1 aromatic heterocycles. The monoisotopic (exact) mass is 509 g/mol. The van der Waals surface area contributed by atoms with Gasteiger partial charge in [-0.2, -0.15) is 0 Å². The predicted octanol–water partition coefficient (Wildman–Crippen LogP) is 5.18. The number of rotatable bonds is 7. The number of nitro groups is 1. The van der Waals surface area contributed by atoms with Gasteiger partial charge in [-0.1, -0.05) is 24.3 Å². The third kappa shape index (κ3) is 5.28. The van der Waals surface area contributed by atoms with E-state index in [9.17, 15) is 19.7 Å². The summed E-state index contributed by atoms with van der Waals surface area (Å²) in [6, 6.07) is 20.2. The van der Waals surface area contributed by atoms with Crippen LogP contribution in [0.1, 0.15) is 21.5 Å². The summed E-state index contributed by atoms with van der Waals surface area (Å²) >= 11 is 0. The molecule has 1 aliphatic heterocycles. The fraction of sp³-hybridized carbons (Fsp3) is 0.138. The van der Waals surface area contributed by atoms with Crippen molar-refractivity contribution in [2.75, 3.05) is 31.2 Å². The Hall–Kier alpha value is -4.89. The minimum atomic E-state index is -0.520. The summed E-state index contributed by atoms with van der Waals surface area (Å²) in [5.41, 5.74) is 2.29. The Morgan fingerprint density at radius 1 is 0.974 bits per heavy atom. The van der Waals surface area contributed by atoms with Crippen molar-refractivity contribution in [1.82, 2.24) is 0 Å². The first kappa shape index (κ1) is 24.8. The fourth-order valence-electron chi connectivity index (χ4n) is 4.30. The molecule has 5 rings (SSSR count). The highest BCUT2D eigenvalue weighted by Gasteiger charge is 2.21. The minimum Gasteiger partial charge on any atom is -0.422 e. The predicted molar refractivity (Wildman–Crippen MR) is 146 cm³/mol. The number of morpholine rings is 1. The molecule has 0 N–H and O–H groups in total. The Labute approximate surface area is 217 Å². The fourth-order valence-corrected chi connectivity index (χ4v) is 4.30. The van der Waals surface area contributed by atoms with E-state index >= 15 is 0 Å². The maximum atomic E-state index is 12.9. The summed E-state index contributed by atoms with van der Waals surface area (Å²) < 4.78 is 11.0. The van der Waals surface area contributed by atoms with Crippen molar-refractivity contribution in [3.8, 4) is 0 Å². The molecule has 0 spiro atoms. The lowest BCUT2D eigenvalue weighted by atomic mass is 10.1. The number of ether oxygens (including phenoxy) is 1. The maximum Gasteiger partial charge on any atom is 0.345 e. The minimum absolute atomic E-state index is 0.0391. The van der Waals surface area contributed by atoms with Crippen LogP contribution in [0.2, 0.25) is 0 Å². The highest BCUT2D eigenvalue weighted by atomic mass is 16.6. The summed E-state index contributed by atoms with van der Waals surface area (Å²) in [5, 5.41) is 12.0. The number of hydrogen-bond donors (Lipinski definition) is 0. The molecule has 0 radical (unpaired) electrons. The quantitative estimate of drug-likeness (QED) is 0.0841. The van der Waals surface area contributed by atoms with E-state index in [-0.39, 0.29) is 11.5 Å². The lowest BCUT2D eigenvalue weighted by Gasteiger charge is -2.30. The number of allylic oxidation sites excluding steroid dienone is 1. The van der Waals surface area contributed by atoms with Crippen molar-refractivity contribution in [3.63, 3.8) is 0 Å². The van der Waals surface area contributed by atoms with Gasteiger partial charge in [-0.3, -0.25) is 19.9 Å². The van der Waals surface area contributed by atoms with Gasteiger partial charge in [0.05, 0.1) is 40.6 Å². The first-order chi connectivity index (χ1) is 18.5. The third-order valence-corrected chi connectivity index (χ3v) is 6.19. The SMILES string of the molecule is O=C(/C=C/c1c(N2CCOCC2)c2ccccc2oc1=O)c1ccc(N=Cc2ccccc2[N+](=O)[O-])cc1. The van der Waals surface area contributed by atoms with Gasteiger partial charge < -0.3 is 14.1 Å². The average Bonchev–Trinajstić information content (AvgIpc) is 2.95. The van der Waals surface area contributed by atoms with Gasteiger partial charge in [0.2, 0.25) is 0 Å². The Bertz CT molecular complexity index is 1620. The Kier molecular flexibility index (Phi) is 7.19. The molecule has 0 atom stereocenters. The number of fused-ring (bicyclic) bond motifs is 1. The number of carbonyl (C=O) groups is 1. The third-order valence-electron chi connectivity index (χ3n) is 6.19. The van der Waals surface area contributed by atoms with Crippen molar-refractivity contribution >= 4 is 46.1 Å². The van der Waals surface area contributed by atoms with E-state index < -0.39 is 10.5 Å². The summed E-state index contributed by atoms with van der Waals surface area (Å²) in [4.78, 5) is 42.9. The molecule has 0 amide bonds. The van der Waals surface area contributed by atoms with Crippen LogP contribution in [0, 0.1) is 10.1 Å². The van der Waals surface area contributed by atoms with E-state index in [2.05, 4.69) is 9.89 Å². The Balaban J connectivity index is 1.39. The van der Waals surface area contributed by atoms with Gasteiger partial charge in [0.15, 0.2) is 5.78 Å². The number of para-hydroxylation sites is 2. The molecular weight excluding hydrogens is 486 g/mol. The molecule has 190 valence electrons. The molecule has 4 aromatic rings. The molecule has 9 heteroatoms. The number of carbonyl (C=O) groups excluding carboxylic acids is 1. The summed E-state index contributed by atoms with van der Waals surface area (Å²) in [6.07, 6.45) is 4.28. The van der Waals surface area contributed by atoms with E-state index in [4.69, 9.17) is 9.15 Å². The number of nitro benzene ring substituents is 1. The highest BCUT2D eigenvalue weighted by molar-refractivity contribution is 6.08. The van der Waals surface area contributed by atoms with Gasteiger partial charge in [0, 0.05) is 36.3 Å². The van der Waals surface area contributed by atoms with Crippen LogP contribution >= 0.6 is 0 Å². The number of hydrogen-bond acceptors (Lipinski definition) is 8. The van der Waals surface area contributed by atoms with Crippen LogP contribution in [0.25, 0.3) is 17.0 Å². The average molecular weight is 510 g/mol. The lowest BCUT2D eigenvalue weighted by molar-refractivity contribution is -0.385.